The van der Waals surface area contributed by atoms with E-state index in [1.54, 1.807) is 5.32 Å². The largest absolute Gasteiger partial charge is 0.506 e. The number of nitrogens with zero attached hydrogens (tertiary/aromatic N) is 2. The van der Waals surface area contributed by atoms with Crippen LogP contribution in [0.5, 0.6) is 5.75 Å². The van der Waals surface area contributed by atoms with Crippen molar-refractivity contribution in [3.8, 4) is 5.75 Å². The number of benzene rings is 2. The number of H-pyrrole nitrogens is 1. The molecule has 0 radical (unpaired) electrons. The summed E-state index contributed by atoms with van der Waals surface area (Å²) in [7, 11) is 0. The molecule has 1 atom stereocenters. The topological polar surface area (TPSA) is 111 Å². The highest BCUT2D eigenvalue weighted by Gasteiger charge is 2.61. The number of amides is 1. The first-order chi connectivity index (χ1) is 13.6. The van der Waals surface area contributed by atoms with Gasteiger partial charge in [0.2, 0.25) is 0 Å². The number of carbonyl (C=O) groups excluding carboxylic acids is 1. The minimum atomic E-state index is -4.64. The Bertz CT molecular complexity index is 1030. The molecule has 4 N–H and O–H groups in total. The summed E-state index contributed by atoms with van der Waals surface area (Å²) in [6.07, 6.45) is -0.0757. The van der Waals surface area contributed by atoms with Crippen LogP contribution >= 0.6 is 0 Å². The van der Waals surface area contributed by atoms with E-state index in [-0.39, 0.29) is 11.5 Å². The third-order valence-corrected chi connectivity index (χ3v) is 4.22. The van der Waals surface area contributed by atoms with Crippen LogP contribution in [0.25, 0.3) is 0 Å². The number of phenols is 1. The van der Waals surface area contributed by atoms with E-state index in [0.29, 0.717) is 18.2 Å². The molecule has 0 saturated carbocycles. The summed E-state index contributed by atoms with van der Waals surface area (Å²) < 4.78 is 57.9. The third-order valence-electron chi connectivity index (χ3n) is 4.22. The van der Waals surface area contributed by atoms with Gasteiger partial charge in [-0.05, 0) is 18.2 Å². The van der Waals surface area contributed by atoms with Gasteiger partial charge in [-0.1, -0.05) is 18.2 Å². The molecule has 1 aromatic heterocycles. The van der Waals surface area contributed by atoms with Crippen LogP contribution in [0.4, 0.5) is 23.2 Å². The number of aromatic nitrogens is 3. The fraction of sp³-hybridized carbons (Fsp3) is 0.167. The number of nitrogens with one attached hydrogen (secondary N) is 2. The van der Waals surface area contributed by atoms with Crippen molar-refractivity contribution in [1.82, 2.24) is 15.2 Å². The number of rotatable bonds is 6. The maximum Gasteiger partial charge on any atom is 0.357 e. The second kappa shape index (κ2) is 7.51. The molecule has 0 aliphatic heterocycles. The first-order valence-electron chi connectivity index (χ1n) is 8.14. The quantitative estimate of drug-likeness (QED) is 0.369. The fourth-order valence-corrected chi connectivity index (χ4v) is 2.73. The molecular formula is C18H14F4N4O3. The fourth-order valence-electron chi connectivity index (χ4n) is 2.73. The predicted molar refractivity (Wildman–Crippen MR) is 92.0 cm³/mol. The van der Waals surface area contributed by atoms with Gasteiger partial charge >= 0.3 is 5.92 Å². The van der Waals surface area contributed by atoms with Crippen molar-refractivity contribution in [3.63, 3.8) is 0 Å². The highest BCUT2D eigenvalue weighted by atomic mass is 19.3. The molecule has 2 aromatic carbocycles. The molecule has 1 amide bonds. The molecule has 1 unspecified atom stereocenters. The average Bonchev–Trinajstić information content (AvgIpc) is 3.16. The summed E-state index contributed by atoms with van der Waals surface area (Å²) in [5.41, 5.74) is -4.83. The van der Waals surface area contributed by atoms with Crippen LogP contribution in [0.1, 0.15) is 11.4 Å². The van der Waals surface area contributed by atoms with Crippen LogP contribution in [-0.2, 0) is 16.8 Å². The smallest absolute Gasteiger partial charge is 0.357 e. The molecule has 0 spiro atoms. The van der Waals surface area contributed by atoms with Gasteiger partial charge in [-0.3, -0.25) is 9.89 Å². The number of alkyl halides is 2. The van der Waals surface area contributed by atoms with Crippen LogP contribution in [0.2, 0.25) is 0 Å². The van der Waals surface area contributed by atoms with Gasteiger partial charge in [-0.2, -0.15) is 13.9 Å². The molecule has 29 heavy (non-hydrogen) atoms. The SMILES string of the molecule is O=C(Nc1ccccc1O)C(F)(F)C(O)(Cc1ncn[nH]1)c1ccc(F)cc1F. The van der Waals surface area contributed by atoms with Crippen molar-refractivity contribution in [2.24, 2.45) is 0 Å². The van der Waals surface area contributed by atoms with Gasteiger partial charge < -0.3 is 15.5 Å². The summed E-state index contributed by atoms with van der Waals surface area (Å²) >= 11 is 0. The summed E-state index contributed by atoms with van der Waals surface area (Å²) in [5.74, 6) is -9.97. The van der Waals surface area contributed by atoms with Gasteiger partial charge in [0.05, 0.1) is 5.69 Å². The third kappa shape index (κ3) is 3.76. The molecule has 0 fully saturated rings. The van der Waals surface area contributed by atoms with E-state index in [2.05, 4.69) is 15.2 Å². The van der Waals surface area contributed by atoms with Gasteiger partial charge in [-0.25, -0.2) is 13.8 Å². The maximum atomic E-state index is 15.2. The second-order valence-electron chi connectivity index (χ2n) is 6.14. The number of phenolic OH excluding ortho intramolecular Hbond substituents is 1. The minimum absolute atomic E-state index is 0.272. The van der Waals surface area contributed by atoms with E-state index in [1.165, 1.54) is 12.1 Å². The Hall–Kier alpha value is -3.47. The van der Waals surface area contributed by atoms with E-state index in [4.69, 9.17) is 0 Å². The van der Waals surface area contributed by atoms with Crippen molar-refractivity contribution in [3.05, 3.63) is 71.8 Å². The van der Waals surface area contributed by atoms with Crippen LogP contribution in [0, 0.1) is 11.6 Å². The van der Waals surface area contributed by atoms with E-state index in [1.807, 2.05) is 0 Å². The molecule has 0 aliphatic carbocycles. The standard InChI is InChI=1S/C18H14F4N4O3/c19-10-5-6-11(12(20)7-10)17(29,8-15-23-9-24-26-15)18(21,22)16(28)25-13-3-1-2-4-14(13)27/h1-7,9,27,29H,8H2,(H,25,28)(H,23,24,26). The zero-order valence-corrected chi connectivity index (χ0v) is 14.5. The monoisotopic (exact) mass is 410 g/mol. The molecule has 3 rings (SSSR count). The summed E-state index contributed by atoms with van der Waals surface area (Å²) in [5, 5.41) is 28.0. The van der Waals surface area contributed by atoms with Crippen molar-refractivity contribution in [1.29, 1.82) is 0 Å². The first kappa shape index (κ1) is 20.3. The number of halogens is 4. The lowest BCUT2D eigenvalue weighted by atomic mass is 9.83. The Kier molecular flexibility index (Phi) is 5.25. The molecule has 0 saturated heterocycles. The van der Waals surface area contributed by atoms with E-state index in [0.717, 1.165) is 18.5 Å². The number of para-hydroxylation sites is 2. The predicted octanol–water partition coefficient (Wildman–Crippen LogP) is 2.49. The molecule has 7 nitrogen and oxygen atoms in total. The molecule has 1 heterocycles. The van der Waals surface area contributed by atoms with Gasteiger partial charge in [0.1, 0.15) is 29.5 Å². The average molecular weight is 410 g/mol. The Morgan fingerprint density at radius 3 is 2.52 bits per heavy atom. The Morgan fingerprint density at radius 1 is 1.17 bits per heavy atom. The van der Waals surface area contributed by atoms with Crippen LogP contribution in [-0.4, -0.2) is 37.2 Å². The lowest BCUT2D eigenvalue weighted by Gasteiger charge is -2.34. The van der Waals surface area contributed by atoms with Crippen molar-refractivity contribution < 1.29 is 32.6 Å². The zero-order chi connectivity index (χ0) is 21.2. The van der Waals surface area contributed by atoms with Crippen LogP contribution in [0.15, 0.2) is 48.8 Å². The molecule has 0 bridgehead atoms. The lowest BCUT2D eigenvalue weighted by Crippen LogP contribution is -2.55. The molecule has 11 heteroatoms. The zero-order valence-electron chi connectivity index (χ0n) is 14.5. The number of hydrogen-bond donors (Lipinski definition) is 4. The number of aliphatic hydroxyl groups is 1. The van der Waals surface area contributed by atoms with Gasteiger partial charge in [0, 0.05) is 18.1 Å². The van der Waals surface area contributed by atoms with Gasteiger partial charge in [0.25, 0.3) is 5.91 Å². The number of carbonyl (C=O) groups is 1. The highest BCUT2D eigenvalue weighted by Crippen LogP contribution is 2.42. The molecule has 3 aromatic rings. The van der Waals surface area contributed by atoms with Gasteiger partial charge in [-0.15, -0.1) is 0 Å². The number of aromatic hydroxyl groups is 1. The number of hydrogen-bond acceptors (Lipinski definition) is 5. The molecular weight excluding hydrogens is 396 g/mol. The van der Waals surface area contributed by atoms with Crippen LogP contribution in [0.3, 0.4) is 0 Å². The van der Waals surface area contributed by atoms with Crippen LogP contribution < -0.4 is 5.32 Å². The second-order valence-corrected chi connectivity index (χ2v) is 6.14. The molecule has 152 valence electrons. The minimum Gasteiger partial charge on any atom is -0.506 e. The first-order valence-corrected chi connectivity index (χ1v) is 8.14. The Balaban J connectivity index is 2.06. The van der Waals surface area contributed by atoms with Crippen molar-refractivity contribution in [2.75, 3.05) is 5.32 Å². The van der Waals surface area contributed by atoms with E-state index < -0.39 is 46.8 Å². The van der Waals surface area contributed by atoms with E-state index in [9.17, 15) is 23.8 Å². The summed E-state index contributed by atoms with van der Waals surface area (Å²) in [6.45, 7) is 0. The maximum absolute atomic E-state index is 15.2. The molecule has 0 aliphatic rings. The Morgan fingerprint density at radius 2 is 1.90 bits per heavy atom. The normalized spacial score (nSPS) is 13.7. The van der Waals surface area contributed by atoms with Crippen molar-refractivity contribution in [2.45, 2.75) is 17.9 Å². The van der Waals surface area contributed by atoms with Gasteiger partial charge in [0.15, 0.2) is 5.60 Å². The highest BCUT2D eigenvalue weighted by molar-refractivity contribution is 5.98. The van der Waals surface area contributed by atoms with Crippen molar-refractivity contribution >= 4 is 11.6 Å². The lowest BCUT2D eigenvalue weighted by molar-refractivity contribution is -0.193. The van der Waals surface area contributed by atoms with E-state index >= 15 is 8.78 Å². The summed E-state index contributed by atoms with van der Waals surface area (Å²) in [6, 6.07) is 6.65. The number of aromatic amines is 1. The summed E-state index contributed by atoms with van der Waals surface area (Å²) in [4.78, 5) is 16.0. The Labute approximate surface area is 161 Å². The number of anilines is 1.